The number of aromatic amines is 1. The predicted molar refractivity (Wildman–Crippen MR) is 89.1 cm³/mol. The molecule has 3 aromatic rings. The van der Waals surface area contributed by atoms with Gasteiger partial charge in [0.2, 0.25) is 5.43 Å². The van der Waals surface area contributed by atoms with Gasteiger partial charge in [0.05, 0.1) is 5.52 Å². The number of carboxylic acids is 1. The van der Waals surface area contributed by atoms with Gasteiger partial charge in [-0.3, -0.25) is 9.59 Å². The summed E-state index contributed by atoms with van der Waals surface area (Å²) >= 11 is 0. The summed E-state index contributed by atoms with van der Waals surface area (Å²) in [6.07, 6.45) is 1.14. The van der Waals surface area contributed by atoms with Gasteiger partial charge < -0.3 is 15.4 Å². The maximum atomic E-state index is 12.2. The van der Waals surface area contributed by atoms with Crippen LogP contribution in [0.4, 0.5) is 0 Å². The minimum absolute atomic E-state index is 0.231. The van der Waals surface area contributed by atoms with Gasteiger partial charge in [0.1, 0.15) is 5.56 Å². The first-order valence-corrected chi connectivity index (χ1v) is 7.27. The number of amides is 1. The molecule has 0 saturated carbocycles. The van der Waals surface area contributed by atoms with Crippen LogP contribution in [0.1, 0.15) is 26.3 Å². The molecule has 3 rings (SSSR count). The first-order valence-electron chi connectivity index (χ1n) is 7.27. The number of carboxylic acid groups (broad SMARTS) is 1. The second-order valence-electron chi connectivity index (χ2n) is 5.27. The number of pyridine rings is 1. The Morgan fingerprint density at radius 2 is 1.83 bits per heavy atom. The third-order valence-electron chi connectivity index (χ3n) is 3.67. The van der Waals surface area contributed by atoms with Gasteiger partial charge in [-0.1, -0.05) is 30.3 Å². The lowest BCUT2D eigenvalue weighted by Gasteiger charge is -2.07. The van der Waals surface area contributed by atoms with E-state index in [1.165, 1.54) is 18.2 Å². The van der Waals surface area contributed by atoms with Crippen molar-refractivity contribution in [3.05, 3.63) is 81.6 Å². The van der Waals surface area contributed by atoms with E-state index in [0.29, 0.717) is 17.6 Å². The van der Waals surface area contributed by atoms with Crippen LogP contribution in [0.25, 0.3) is 10.9 Å². The first kappa shape index (κ1) is 15.5. The Balaban J connectivity index is 1.85. The van der Waals surface area contributed by atoms with E-state index in [1.807, 2.05) is 30.3 Å². The summed E-state index contributed by atoms with van der Waals surface area (Å²) in [6.45, 7) is 0.395. The molecular formula is C18H14N2O4. The minimum atomic E-state index is -1.29. The van der Waals surface area contributed by atoms with Crippen molar-refractivity contribution in [1.29, 1.82) is 0 Å². The standard InChI is InChI=1S/C18H14N2O4/c21-16-13-7-6-12(8-15(13)19-10-14(16)18(23)24)17(22)20-9-11-4-2-1-3-5-11/h1-8,10H,9H2,(H,19,21)(H,20,22)(H,23,24). The molecule has 1 heterocycles. The smallest absolute Gasteiger partial charge is 0.341 e. The summed E-state index contributed by atoms with van der Waals surface area (Å²) in [5.74, 6) is -1.56. The number of aromatic nitrogens is 1. The quantitative estimate of drug-likeness (QED) is 0.685. The van der Waals surface area contributed by atoms with E-state index in [1.54, 1.807) is 0 Å². The number of hydrogen-bond donors (Lipinski definition) is 3. The third-order valence-corrected chi connectivity index (χ3v) is 3.67. The van der Waals surface area contributed by atoms with Crippen molar-refractivity contribution in [3.8, 4) is 0 Å². The predicted octanol–water partition coefficient (Wildman–Crippen LogP) is 2.16. The summed E-state index contributed by atoms with van der Waals surface area (Å²) in [4.78, 5) is 38.0. The number of carbonyl (C=O) groups excluding carboxylic acids is 1. The molecular weight excluding hydrogens is 308 g/mol. The molecule has 1 amide bonds. The van der Waals surface area contributed by atoms with E-state index in [-0.39, 0.29) is 16.9 Å². The van der Waals surface area contributed by atoms with Gasteiger partial charge in [-0.2, -0.15) is 0 Å². The molecule has 24 heavy (non-hydrogen) atoms. The molecule has 6 heteroatoms. The van der Waals surface area contributed by atoms with Crippen molar-refractivity contribution in [2.24, 2.45) is 0 Å². The zero-order chi connectivity index (χ0) is 17.1. The van der Waals surface area contributed by atoms with E-state index in [4.69, 9.17) is 5.11 Å². The lowest BCUT2D eigenvalue weighted by atomic mass is 10.1. The Morgan fingerprint density at radius 3 is 2.54 bits per heavy atom. The van der Waals surface area contributed by atoms with E-state index in [0.717, 1.165) is 11.8 Å². The van der Waals surface area contributed by atoms with Gasteiger partial charge in [-0.05, 0) is 23.8 Å². The van der Waals surface area contributed by atoms with Crippen LogP contribution >= 0.6 is 0 Å². The molecule has 0 bridgehead atoms. The largest absolute Gasteiger partial charge is 0.477 e. The molecule has 2 aromatic carbocycles. The van der Waals surface area contributed by atoms with E-state index >= 15 is 0 Å². The van der Waals surface area contributed by atoms with Crippen molar-refractivity contribution in [1.82, 2.24) is 10.3 Å². The van der Waals surface area contributed by atoms with Crippen LogP contribution in [0.2, 0.25) is 0 Å². The summed E-state index contributed by atoms with van der Waals surface area (Å²) < 4.78 is 0. The number of benzene rings is 2. The van der Waals surface area contributed by atoms with Gasteiger partial charge >= 0.3 is 5.97 Å². The molecule has 0 aliphatic rings. The molecule has 0 radical (unpaired) electrons. The summed E-state index contributed by atoms with van der Waals surface area (Å²) in [5, 5.41) is 12.0. The number of hydrogen-bond acceptors (Lipinski definition) is 3. The van der Waals surface area contributed by atoms with Crippen LogP contribution in [0, 0.1) is 0 Å². The van der Waals surface area contributed by atoms with Gasteiger partial charge in [0, 0.05) is 23.7 Å². The topological polar surface area (TPSA) is 99.3 Å². The van der Waals surface area contributed by atoms with E-state index < -0.39 is 11.4 Å². The fourth-order valence-corrected chi connectivity index (χ4v) is 2.40. The van der Waals surface area contributed by atoms with Crippen LogP contribution in [-0.2, 0) is 6.54 Å². The molecule has 120 valence electrons. The van der Waals surface area contributed by atoms with Gasteiger partial charge in [-0.25, -0.2) is 4.79 Å². The van der Waals surface area contributed by atoms with E-state index in [9.17, 15) is 14.4 Å². The lowest BCUT2D eigenvalue weighted by molar-refractivity contribution is 0.0695. The summed E-state index contributed by atoms with van der Waals surface area (Å²) in [5.41, 5.74) is 0.872. The number of fused-ring (bicyclic) bond motifs is 1. The molecule has 0 atom stereocenters. The highest BCUT2D eigenvalue weighted by Gasteiger charge is 2.13. The molecule has 0 spiro atoms. The zero-order valence-corrected chi connectivity index (χ0v) is 12.6. The molecule has 0 saturated heterocycles. The highest BCUT2D eigenvalue weighted by Crippen LogP contribution is 2.12. The van der Waals surface area contributed by atoms with Crippen molar-refractivity contribution in [2.75, 3.05) is 0 Å². The highest BCUT2D eigenvalue weighted by molar-refractivity contribution is 5.99. The zero-order valence-electron chi connectivity index (χ0n) is 12.6. The number of nitrogens with one attached hydrogen (secondary N) is 2. The number of H-pyrrole nitrogens is 1. The average Bonchev–Trinajstić information content (AvgIpc) is 2.60. The average molecular weight is 322 g/mol. The Morgan fingerprint density at radius 1 is 1.08 bits per heavy atom. The molecule has 0 unspecified atom stereocenters. The Kier molecular flexibility index (Phi) is 4.11. The third kappa shape index (κ3) is 3.03. The van der Waals surface area contributed by atoms with Crippen molar-refractivity contribution in [3.63, 3.8) is 0 Å². The fraction of sp³-hybridized carbons (Fsp3) is 0.0556. The van der Waals surface area contributed by atoms with Gasteiger partial charge in [-0.15, -0.1) is 0 Å². The van der Waals surface area contributed by atoms with Crippen LogP contribution < -0.4 is 10.7 Å². The maximum Gasteiger partial charge on any atom is 0.341 e. The van der Waals surface area contributed by atoms with E-state index in [2.05, 4.69) is 10.3 Å². The second kappa shape index (κ2) is 6.37. The number of carbonyl (C=O) groups is 2. The SMILES string of the molecule is O=C(NCc1ccccc1)c1ccc2c(=O)c(C(=O)O)c[nH]c2c1. The molecule has 6 nitrogen and oxygen atoms in total. The molecule has 3 N–H and O–H groups in total. The minimum Gasteiger partial charge on any atom is -0.477 e. The van der Waals surface area contributed by atoms with Crippen molar-refractivity contribution in [2.45, 2.75) is 6.54 Å². The Labute approximate surface area is 136 Å². The van der Waals surface area contributed by atoms with Crippen LogP contribution in [0.3, 0.4) is 0 Å². The molecule has 0 aliphatic carbocycles. The van der Waals surface area contributed by atoms with Crippen molar-refractivity contribution >= 4 is 22.8 Å². The monoisotopic (exact) mass is 322 g/mol. The highest BCUT2D eigenvalue weighted by atomic mass is 16.4. The molecule has 0 aliphatic heterocycles. The summed E-state index contributed by atoms with van der Waals surface area (Å²) in [6, 6.07) is 14.0. The Hall–Kier alpha value is -3.41. The lowest BCUT2D eigenvalue weighted by Crippen LogP contribution is -2.23. The van der Waals surface area contributed by atoms with Crippen LogP contribution in [-0.4, -0.2) is 22.0 Å². The van der Waals surface area contributed by atoms with Crippen molar-refractivity contribution < 1.29 is 14.7 Å². The second-order valence-corrected chi connectivity index (χ2v) is 5.27. The Bertz CT molecular complexity index is 977. The van der Waals surface area contributed by atoms with Crippen LogP contribution in [0.5, 0.6) is 0 Å². The molecule has 0 fully saturated rings. The van der Waals surface area contributed by atoms with Gasteiger partial charge in [0.25, 0.3) is 5.91 Å². The van der Waals surface area contributed by atoms with Crippen LogP contribution in [0.15, 0.2) is 59.5 Å². The molecule has 1 aromatic heterocycles. The normalized spacial score (nSPS) is 10.5. The fourth-order valence-electron chi connectivity index (χ4n) is 2.40. The number of aromatic carboxylic acids is 1. The summed E-state index contributed by atoms with van der Waals surface area (Å²) in [7, 11) is 0. The maximum absolute atomic E-state index is 12.2. The number of rotatable bonds is 4. The first-order chi connectivity index (χ1) is 11.6. The van der Waals surface area contributed by atoms with Gasteiger partial charge in [0.15, 0.2) is 0 Å².